The number of sulfonamides is 1. The van der Waals surface area contributed by atoms with Crippen molar-refractivity contribution in [1.29, 1.82) is 0 Å². The van der Waals surface area contributed by atoms with E-state index >= 15 is 0 Å². The maximum absolute atomic E-state index is 12.9. The van der Waals surface area contributed by atoms with E-state index in [9.17, 15) is 8.42 Å². The first-order valence-electron chi connectivity index (χ1n) is 9.54. The molecule has 158 valence electrons. The van der Waals surface area contributed by atoms with E-state index in [-0.39, 0.29) is 0 Å². The molecule has 0 amide bonds. The SMILES string of the molecule is COc1ccc(Cc2csc(N3CCN(S(=O)(=O)c4cccc(Br)c4)CC3)n2)cc1. The molecule has 3 aromatic rings. The highest BCUT2D eigenvalue weighted by atomic mass is 79.9. The van der Waals surface area contributed by atoms with Gasteiger partial charge in [0, 0.05) is 42.5 Å². The molecule has 0 spiro atoms. The zero-order valence-corrected chi connectivity index (χ0v) is 19.7. The van der Waals surface area contributed by atoms with Gasteiger partial charge in [-0.2, -0.15) is 4.31 Å². The molecule has 30 heavy (non-hydrogen) atoms. The van der Waals surface area contributed by atoms with E-state index in [1.165, 1.54) is 5.56 Å². The van der Waals surface area contributed by atoms with Gasteiger partial charge in [-0.15, -0.1) is 11.3 Å². The molecule has 2 heterocycles. The molecule has 9 heteroatoms. The Morgan fingerprint density at radius 3 is 2.50 bits per heavy atom. The number of hydrogen-bond acceptors (Lipinski definition) is 6. The van der Waals surface area contributed by atoms with Crippen molar-refractivity contribution < 1.29 is 13.2 Å². The number of ether oxygens (including phenoxy) is 1. The van der Waals surface area contributed by atoms with Crippen LogP contribution in [0.5, 0.6) is 5.75 Å². The molecule has 1 saturated heterocycles. The number of halogens is 1. The minimum atomic E-state index is -3.48. The zero-order chi connectivity index (χ0) is 21.1. The van der Waals surface area contributed by atoms with Crippen LogP contribution in [-0.4, -0.2) is 51.0 Å². The van der Waals surface area contributed by atoms with Crippen molar-refractivity contribution in [3.05, 3.63) is 69.6 Å². The second-order valence-electron chi connectivity index (χ2n) is 6.99. The Morgan fingerprint density at radius 1 is 1.10 bits per heavy atom. The highest BCUT2D eigenvalue weighted by molar-refractivity contribution is 9.10. The van der Waals surface area contributed by atoms with Gasteiger partial charge in [-0.25, -0.2) is 13.4 Å². The zero-order valence-electron chi connectivity index (χ0n) is 16.5. The lowest BCUT2D eigenvalue weighted by Crippen LogP contribution is -2.48. The Balaban J connectivity index is 1.38. The minimum absolute atomic E-state index is 0.321. The van der Waals surface area contributed by atoms with E-state index in [2.05, 4.69) is 26.2 Å². The normalized spacial score (nSPS) is 15.3. The Kier molecular flexibility index (Phi) is 6.43. The van der Waals surface area contributed by atoms with E-state index in [4.69, 9.17) is 9.72 Å². The largest absolute Gasteiger partial charge is 0.497 e. The quantitative estimate of drug-likeness (QED) is 0.504. The molecule has 0 bridgehead atoms. The third-order valence-electron chi connectivity index (χ3n) is 5.03. The van der Waals surface area contributed by atoms with E-state index in [1.807, 2.05) is 30.3 Å². The number of hydrogen-bond donors (Lipinski definition) is 0. The van der Waals surface area contributed by atoms with Crippen LogP contribution in [0.2, 0.25) is 0 Å². The molecule has 1 aliphatic heterocycles. The predicted octanol–water partition coefficient (Wildman–Crippen LogP) is 4.02. The fraction of sp³-hybridized carbons (Fsp3) is 0.286. The summed E-state index contributed by atoms with van der Waals surface area (Å²) in [6, 6.07) is 14.8. The van der Waals surface area contributed by atoms with Crippen LogP contribution in [0.1, 0.15) is 11.3 Å². The van der Waals surface area contributed by atoms with Crippen LogP contribution in [0.3, 0.4) is 0 Å². The van der Waals surface area contributed by atoms with Crippen LogP contribution in [-0.2, 0) is 16.4 Å². The second kappa shape index (κ2) is 9.05. The molecule has 2 aromatic carbocycles. The fourth-order valence-electron chi connectivity index (χ4n) is 3.37. The van der Waals surface area contributed by atoms with Crippen molar-refractivity contribution in [2.24, 2.45) is 0 Å². The summed E-state index contributed by atoms with van der Waals surface area (Å²) in [5.41, 5.74) is 2.20. The molecule has 4 rings (SSSR count). The Bertz CT molecular complexity index is 1110. The number of benzene rings is 2. The molecule has 0 N–H and O–H groups in total. The summed E-state index contributed by atoms with van der Waals surface area (Å²) < 4.78 is 33.3. The van der Waals surface area contributed by atoms with Gasteiger partial charge in [0.15, 0.2) is 5.13 Å². The monoisotopic (exact) mass is 507 g/mol. The molecule has 1 fully saturated rings. The number of rotatable bonds is 6. The lowest BCUT2D eigenvalue weighted by atomic mass is 10.1. The van der Waals surface area contributed by atoms with Gasteiger partial charge in [0.1, 0.15) is 5.75 Å². The number of anilines is 1. The highest BCUT2D eigenvalue weighted by Gasteiger charge is 2.29. The molecular formula is C21H22BrN3O3S2. The Morgan fingerprint density at radius 2 is 1.83 bits per heavy atom. The first-order chi connectivity index (χ1) is 14.5. The number of thiazole rings is 1. The predicted molar refractivity (Wildman–Crippen MR) is 123 cm³/mol. The molecule has 1 aromatic heterocycles. The first-order valence-corrected chi connectivity index (χ1v) is 12.6. The minimum Gasteiger partial charge on any atom is -0.497 e. The highest BCUT2D eigenvalue weighted by Crippen LogP contribution is 2.26. The van der Waals surface area contributed by atoms with Gasteiger partial charge >= 0.3 is 0 Å². The van der Waals surface area contributed by atoms with E-state index < -0.39 is 10.0 Å². The summed E-state index contributed by atoms with van der Waals surface area (Å²) >= 11 is 4.95. The van der Waals surface area contributed by atoms with Crippen molar-refractivity contribution in [3.8, 4) is 5.75 Å². The van der Waals surface area contributed by atoms with Crippen LogP contribution < -0.4 is 9.64 Å². The lowest BCUT2D eigenvalue weighted by Gasteiger charge is -2.33. The summed E-state index contributed by atoms with van der Waals surface area (Å²) in [5, 5.41) is 3.02. The molecule has 0 radical (unpaired) electrons. The van der Waals surface area contributed by atoms with Gasteiger partial charge in [-0.3, -0.25) is 0 Å². The van der Waals surface area contributed by atoms with E-state index in [1.54, 1.807) is 41.0 Å². The summed E-state index contributed by atoms with van der Waals surface area (Å²) in [4.78, 5) is 7.25. The van der Waals surface area contributed by atoms with E-state index in [0.717, 1.165) is 27.5 Å². The van der Waals surface area contributed by atoms with Gasteiger partial charge in [0.05, 0.1) is 17.7 Å². The maximum atomic E-state index is 12.9. The third-order valence-corrected chi connectivity index (χ3v) is 8.37. The number of methoxy groups -OCH3 is 1. The average Bonchev–Trinajstić information content (AvgIpc) is 3.23. The van der Waals surface area contributed by atoms with Crippen molar-refractivity contribution in [3.63, 3.8) is 0 Å². The number of aromatic nitrogens is 1. The summed E-state index contributed by atoms with van der Waals surface area (Å²) in [6.45, 7) is 2.15. The summed E-state index contributed by atoms with van der Waals surface area (Å²) in [7, 11) is -1.82. The fourth-order valence-corrected chi connectivity index (χ4v) is 6.27. The average molecular weight is 508 g/mol. The van der Waals surface area contributed by atoms with Crippen LogP contribution in [0.25, 0.3) is 0 Å². The van der Waals surface area contributed by atoms with Crippen LogP contribution in [0, 0.1) is 0 Å². The molecule has 0 aliphatic carbocycles. The van der Waals surface area contributed by atoms with Crippen molar-refractivity contribution in [1.82, 2.24) is 9.29 Å². The topological polar surface area (TPSA) is 62.7 Å². The smallest absolute Gasteiger partial charge is 0.243 e. The van der Waals surface area contributed by atoms with Crippen molar-refractivity contribution >= 4 is 42.4 Å². The third kappa shape index (κ3) is 4.69. The van der Waals surface area contributed by atoms with Crippen molar-refractivity contribution in [2.45, 2.75) is 11.3 Å². The van der Waals surface area contributed by atoms with Crippen molar-refractivity contribution in [2.75, 3.05) is 38.2 Å². The molecular weight excluding hydrogens is 486 g/mol. The van der Waals surface area contributed by atoms with E-state index in [0.29, 0.717) is 31.1 Å². The maximum Gasteiger partial charge on any atom is 0.243 e. The summed E-state index contributed by atoms with van der Waals surface area (Å²) in [6.07, 6.45) is 0.762. The number of piperazine rings is 1. The standard InChI is InChI=1S/C21H22BrN3O3S2/c1-28-19-7-5-16(6-8-19)13-18-15-29-21(23-18)24-9-11-25(12-10-24)30(26,27)20-4-2-3-17(22)14-20/h2-8,14-15H,9-13H2,1H3. The van der Waals surface area contributed by atoms with Gasteiger partial charge in [-0.1, -0.05) is 34.1 Å². The van der Waals surface area contributed by atoms with Crippen LogP contribution in [0.15, 0.2) is 63.3 Å². The lowest BCUT2D eigenvalue weighted by molar-refractivity contribution is 0.384. The van der Waals surface area contributed by atoms with Crippen LogP contribution >= 0.6 is 27.3 Å². The first kappa shape index (κ1) is 21.3. The van der Waals surface area contributed by atoms with Gasteiger partial charge in [-0.05, 0) is 35.9 Å². The molecule has 0 saturated carbocycles. The van der Waals surface area contributed by atoms with Gasteiger partial charge < -0.3 is 9.64 Å². The van der Waals surface area contributed by atoms with Crippen LogP contribution in [0.4, 0.5) is 5.13 Å². The van der Waals surface area contributed by atoms with Gasteiger partial charge in [0.25, 0.3) is 0 Å². The molecule has 0 atom stereocenters. The van der Waals surface area contributed by atoms with Gasteiger partial charge in [0.2, 0.25) is 10.0 Å². The molecule has 1 aliphatic rings. The number of nitrogens with zero attached hydrogens (tertiary/aromatic N) is 3. The summed E-state index contributed by atoms with van der Waals surface area (Å²) in [5.74, 6) is 0.841. The molecule has 0 unspecified atom stereocenters. The Labute approximate surface area is 189 Å². The molecule has 6 nitrogen and oxygen atoms in total. The Hall–Kier alpha value is -1.94. The second-order valence-corrected chi connectivity index (χ2v) is 10.7.